The number of hydrogen-bond donors (Lipinski definition) is 0. The Labute approximate surface area is 172 Å². The third kappa shape index (κ3) is 6.23. The Morgan fingerprint density at radius 3 is 2.48 bits per heavy atom. The summed E-state index contributed by atoms with van der Waals surface area (Å²) in [6.45, 7) is 4.21. The monoisotopic (exact) mass is 427 g/mol. The number of rotatable bonds is 9. The van der Waals surface area contributed by atoms with Gasteiger partial charge in [-0.3, -0.25) is 9.59 Å². The Morgan fingerprint density at radius 2 is 1.86 bits per heavy atom. The van der Waals surface area contributed by atoms with Crippen molar-refractivity contribution < 1.29 is 27.5 Å². The zero-order chi connectivity index (χ0) is 21.4. The van der Waals surface area contributed by atoms with Crippen LogP contribution in [0.25, 0.3) is 0 Å². The zero-order valence-corrected chi connectivity index (χ0v) is 18.0. The largest absolute Gasteiger partial charge is 0.465 e. The van der Waals surface area contributed by atoms with Crippen molar-refractivity contribution in [3.63, 3.8) is 0 Å². The summed E-state index contributed by atoms with van der Waals surface area (Å²) < 4.78 is 37.3. The fourth-order valence-electron chi connectivity index (χ4n) is 2.97. The molecule has 0 spiro atoms. The van der Waals surface area contributed by atoms with Crippen molar-refractivity contribution in [3.05, 3.63) is 29.8 Å². The predicted octanol–water partition coefficient (Wildman–Crippen LogP) is 0.274. The summed E-state index contributed by atoms with van der Waals surface area (Å²) in [7, 11) is -0.254. The van der Waals surface area contributed by atoms with Crippen molar-refractivity contribution >= 4 is 21.9 Å². The van der Waals surface area contributed by atoms with E-state index in [1.807, 2.05) is 7.05 Å². The molecule has 29 heavy (non-hydrogen) atoms. The standard InChI is InChI=1S/C19H29N3O6S/c1-4-28-18(23)15-21(12-13-27-3)19(24)16-6-5-7-17(14-16)29(25,26)22-10-8-20(2)9-11-22/h5-7,14H,4,8-13,15H2,1-3H3. The SMILES string of the molecule is CCOC(=O)CN(CCOC)C(=O)c1cccc(S(=O)(=O)N2CCN(C)CC2)c1. The Kier molecular flexibility index (Phi) is 8.57. The molecule has 1 fully saturated rings. The first kappa shape index (κ1) is 23.3. The van der Waals surface area contributed by atoms with Crippen molar-refractivity contribution in [1.29, 1.82) is 0 Å². The van der Waals surface area contributed by atoms with Crippen molar-refractivity contribution in [2.75, 3.05) is 66.6 Å². The molecule has 1 heterocycles. The zero-order valence-electron chi connectivity index (χ0n) is 17.2. The van der Waals surface area contributed by atoms with Crippen LogP contribution >= 0.6 is 0 Å². The van der Waals surface area contributed by atoms with Gasteiger partial charge in [-0.2, -0.15) is 4.31 Å². The third-order valence-electron chi connectivity index (χ3n) is 4.66. The fraction of sp³-hybridized carbons (Fsp3) is 0.579. The summed E-state index contributed by atoms with van der Waals surface area (Å²) in [5.74, 6) is -0.983. The molecule has 0 aliphatic carbocycles. The van der Waals surface area contributed by atoms with Gasteiger partial charge in [-0.15, -0.1) is 0 Å². The number of sulfonamides is 1. The molecule has 0 N–H and O–H groups in total. The van der Waals surface area contributed by atoms with Gasteiger partial charge in [0.2, 0.25) is 10.0 Å². The number of piperazine rings is 1. The molecule has 1 saturated heterocycles. The fourth-order valence-corrected chi connectivity index (χ4v) is 4.43. The summed E-state index contributed by atoms with van der Waals surface area (Å²) in [5.41, 5.74) is 0.195. The van der Waals surface area contributed by atoms with E-state index in [-0.39, 0.29) is 36.8 Å². The molecule has 0 unspecified atom stereocenters. The van der Waals surface area contributed by atoms with Gasteiger partial charge in [-0.05, 0) is 32.2 Å². The number of esters is 1. The van der Waals surface area contributed by atoms with Crippen molar-refractivity contribution in [1.82, 2.24) is 14.1 Å². The minimum atomic E-state index is -3.70. The topological polar surface area (TPSA) is 96.5 Å². The second-order valence-electron chi connectivity index (χ2n) is 6.76. The van der Waals surface area contributed by atoms with E-state index in [0.29, 0.717) is 26.2 Å². The number of hydrogen-bond acceptors (Lipinski definition) is 7. The van der Waals surface area contributed by atoms with Crippen LogP contribution in [-0.2, 0) is 24.3 Å². The maximum Gasteiger partial charge on any atom is 0.325 e. The summed E-state index contributed by atoms with van der Waals surface area (Å²) in [5, 5.41) is 0. The van der Waals surface area contributed by atoms with Gasteiger partial charge in [0.1, 0.15) is 6.54 Å². The average Bonchev–Trinajstić information content (AvgIpc) is 2.71. The third-order valence-corrected chi connectivity index (χ3v) is 6.55. The van der Waals surface area contributed by atoms with Crippen LogP contribution in [0.4, 0.5) is 0 Å². The summed E-state index contributed by atoms with van der Waals surface area (Å²) in [6, 6.07) is 5.92. The van der Waals surface area contributed by atoms with Crippen LogP contribution < -0.4 is 0 Å². The van der Waals surface area contributed by atoms with E-state index in [4.69, 9.17) is 9.47 Å². The summed E-state index contributed by atoms with van der Waals surface area (Å²) in [6.07, 6.45) is 0. The van der Waals surface area contributed by atoms with Gasteiger partial charge in [0, 0.05) is 45.4 Å². The Balaban J connectivity index is 2.22. The number of carbonyl (C=O) groups is 2. The lowest BCUT2D eigenvalue weighted by atomic mass is 10.2. The first-order chi connectivity index (χ1) is 13.8. The van der Waals surface area contributed by atoms with Gasteiger partial charge in [0.25, 0.3) is 5.91 Å². The molecule has 1 aromatic carbocycles. The number of benzene rings is 1. The van der Waals surface area contributed by atoms with E-state index >= 15 is 0 Å². The highest BCUT2D eigenvalue weighted by molar-refractivity contribution is 7.89. The number of amides is 1. The number of methoxy groups -OCH3 is 1. The van der Waals surface area contributed by atoms with Crippen LogP contribution in [0.15, 0.2) is 29.2 Å². The van der Waals surface area contributed by atoms with Gasteiger partial charge in [0.15, 0.2) is 0 Å². The molecule has 162 valence electrons. The maximum absolute atomic E-state index is 13.0. The van der Waals surface area contributed by atoms with Crippen LogP contribution in [0.2, 0.25) is 0 Å². The molecule has 1 aromatic rings. The van der Waals surface area contributed by atoms with Gasteiger partial charge in [0.05, 0.1) is 18.1 Å². The number of ether oxygens (including phenoxy) is 2. The van der Waals surface area contributed by atoms with Crippen LogP contribution in [-0.4, -0.2) is 101 Å². The van der Waals surface area contributed by atoms with E-state index < -0.39 is 21.9 Å². The highest BCUT2D eigenvalue weighted by Crippen LogP contribution is 2.19. The second kappa shape index (κ2) is 10.7. The first-order valence-corrected chi connectivity index (χ1v) is 11.0. The van der Waals surface area contributed by atoms with Gasteiger partial charge >= 0.3 is 5.97 Å². The van der Waals surface area contributed by atoms with Gasteiger partial charge in [-0.25, -0.2) is 8.42 Å². The molecule has 1 aliphatic rings. The number of nitrogens with zero attached hydrogens (tertiary/aromatic N) is 3. The van der Waals surface area contributed by atoms with Crippen molar-refractivity contribution in [2.24, 2.45) is 0 Å². The quantitative estimate of drug-likeness (QED) is 0.522. The molecule has 10 heteroatoms. The number of carbonyl (C=O) groups excluding carboxylic acids is 2. The lowest BCUT2D eigenvalue weighted by Gasteiger charge is -2.31. The predicted molar refractivity (Wildman–Crippen MR) is 107 cm³/mol. The molecule has 1 aliphatic heterocycles. The smallest absolute Gasteiger partial charge is 0.325 e. The van der Waals surface area contributed by atoms with Crippen molar-refractivity contribution in [2.45, 2.75) is 11.8 Å². The summed E-state index contributed by atoms with van der Waals surface area (Å²) >= 11 is 0. The Hall–Kier alpha value is -2.01. The molecule has 1 amide bonds. The molecule has 0 aromatic heterocycles. The van der Waals surface area contributed by atoms with Crippen LogP contribution in [0.1, 0.15) is 17.3 Å². The molecular weight excluding hydrogens is 398 g/mol. The number of likely N-dealkylation sites (N-methyl/N-ethyl adjacent to an activating group) is 1. The lowest BCUT2D eigenvalue weighted by molar-refractivity contribution is -0.143. The van der Waals surface area contributed by atoms with Crippen LogP contribution in [0.3, 0.4) is 0 Å². The summed E-state index contributed by atoms with van der Waals surface area (Å²) in [4.78, 5) is 28.2. The Morgan fingerprint density at radius 1 is 1.17 bits per heavy atom. The molecular formula is C19H29N3O6S. The molecule has 0 atom stereocenters. The molecule has 9 nitrogen and oxygen atoms in total. The maximum atomic E-state index is 13.0. The molecule has 0 radical (unpaired) electrons. The highest BCUT2D eigenvalue weighted by atomic mass is 32.2. The van der Waals surface area contributed by atoms with E-state index in [2.05, 4.69) is 4.90 Å². The van der Waals surface area contributed by atoms with Crippen LogP contribution in [0.5, 0.6) is 0 Å². The Bertz CT molecular complexity index is 806. The van der Waals surface area contributed by atoms with Gasteiger partial charge < -0.3 is 19.3 Å². The molecule has 0 saturated carbocycles. The minimum absolute atomic E-state index is 0.0655. The van der Waals surface area contributed by atoms with E-state index in [9.17, 15) is 18.0 Å². The van der Waals surface area contributed by atoms with Gasteiger partial charge in [-0.1, -0.05) is 6.07 Å². The highest BCUT2D eigenvalue weighted by Gasteiger charge is 2.28. The molecule has 2 rings (SSSR count). The first-order valence-electron chi connectivity index (χ1n) is 9.52. The van der Waals surface area contributed by atoms with E-state index in [1.54, 1.807) is 6.92 Å². The van der Waals surface area contributed by atoms with E-state index in [0.717, 1.165) is 0 Å². The van der Waals surface area contributed by atoms with Crippen molar-refractivity contribution in [3.8, 4) is 0 Å². The normalized spacial score (nSPS) is 15.8. The second-order valence-corrected chi connectivity index (χ2v) is 8.70. The average molecular weight is 428 g/mol. The minimum Gasteiger partial charge on any atom is -0.465 e. The molecule has 0 bridgehead atoms. The van der Waals surface area contributed by atoms with Crippen LogP contribution in [0, 0.1) is 0 Å². The van der Waals surface area contributed by atoms with E-state index in [1.165, 1.54) is 40.6 Å². The lowest BCUT2D eigenvalue weighted by Crippen LogP contribution is -2.47.